The van der Waals surface area contributed by atoms with E-state index in [4.69, 9.17) is 5.73 Å². The van der Waals surface area contributed by atoms with Crippen molar-refractivity contribution in [3.63, 3.8) is 0 Å². The highest BCUT2D eigenvalue weighted by Gasteiger charge is 2.31. The number of halogens is 3. The Bertz CT molecular complexity index is 412. The zero-order valence-corrected chi connectivity index (χ0v) is 7.34. The Balaban J connectivity index is 3.35. The number of carbonyl (C=O) groups is 2. The fourth-order valence-corrected chi connectivity index (χ4v) is 1.05. The molecule has 0 spiro atoms. The normalized spacial score (nSPS) is 11.1. The fraction of sp³-hybridized carbons (Fsp3) is 0.111. The molecule has 1 rings (SSSR count). The Kier molecular flexibility index (Phi) is 2.78. The van der Waals surface area contributed by atoms with Gasteiger partial charge >= 0.3 is 6.18 Å². The number of primary amides is 1. The van der Waals surface area contributed by atoms with Crippen LogP contribution in [0, 0.1) is 0 Å². The molecule has 0 aliphatic carbocycles. The Morgan fingerprint density at radius 1 is 1.33 bits per heavy atom. The molecular formula is C9H6F3NO2. The molecule has 2 N–H and O–H groups in total. The van der Waals surface area contributed by atoms with Crippen molar-refractivity contribution in [3.8, 4) is 0 Å². The second kappa shape index (κ2) is 3.72. The van der Waals surface area contributed by atoms with Gasteiger partial charge in [-0.05, 0) is 12.1 Å². The third-order valence-electron chi connectivity index (χ3n) is 1.77. The Morgan fingerprint density at radius 3 is 2.33 bits per heavy atom. The molecule has 0 aliphatic rings. The molecule has 80 valence electrons. The maximum absolute atomic E-state index is 12.2. The Labute approximate surface area is 82.7 Å². The van der Waals surface area contributed by atoms with Crippen molar-refractivity contribution >= 4 is 12.2 Å². The molecule has 1 aromatic rings. The molecular weight excluding hydrogens is 211 g/mol. The van der Waals surface area contributed by atoms with Crippen molar-refractivity contribution in [2.45, 2.75) is 6.18 Å². The molecule has 15 heavy (non-hydrogen) atoms. The molecule has 0 bridgehead atoms. The number of rotatable bonds is 2. The zero-order chi connectivity index (χ0) is 11.6. The predicted molar refractivity (Wildman–Crippen MR) is 45.3 cm³/mol. The van der Waals surface area contributed by atoms with Crippen LogP contribution in [-0.2, 0) is 6.18 Å². The van der Waals surface area contributed by atoms with Crippen LogP contribution in [0.4, 0.5) is 13.2 Å². The van der Waals surface area contributed by atoms with Crippen LogP contribution in [0.25, 0.3) is 0 Å². The summed E-state index contributed by atoms with van der Waals surface area (Å²) in [5.74, 6) is -1.07. The number of alkyl halides is 3. The number of hydrogen-bond donors (Lipinski definition) is 1. The lowest BCUT2D eigenvalue weighted by molar-refractivity contribution is -0.137. The van der Waals surface area contributed by atoms with E-state index in [9.17, 15) is 22.8 Å². The molecule has 3 nitrogen and oxygen atoms in total. The number of aldehydes is 1. The lowest BCUT2D eigenvalue weighted by atomic mass is 10.0. The summed E-state index contributed by atoms with van der Waals surface area (Å²) < 4.78 is 36.7. The minimum Gasteiger partial charge on any atom is -0.366 e. The van der Waals surface area contributed by atoms with Gasteiger partial charge in [0, 0.05) is 5.56 Å². The maximum atomic E-state index is 12.2. The fourth-order valence-electron chi connectivity index (χ4n) is 1.05. The summed E-state index contributed by atoms with van der Waals surface area (Å²) in [7, 11) is 0. The number of carbonyl (C=O) groups excluding carboxylic acids is 2. The summed E-state index contributed by atoms with van der Waals surface area (Å²) in [6.45, 7) is 0. The van der Waals surface area contributed by atoms with Crippen LogP contribution in [0.5, 0.6) is 0 Å². The molecule has 0 saturated heterocycles. The van der Waals surface area contributed by atoms with Crippen molar-refractivity contribution in [2.24, 2.45) is 5.73 Å². The van der Waals surface area contributed by atoms with Gasteiger partial charge < -0.3 is 5.73 Å². The van der Waals surface area contributed by atoms with Gasteiger partial charge in [-0.15, -0.1) is 0 Å². The van der Waals surface area contributed by atoms with E-state index in [0.717, 1.165) is 12.1 Å². The van der Waals surface area contributed by atoms with Crippen molar-refractivity contribution in [1.29, 1.82) is 0 Å². The minimum atomic E-state index is -4.56. The van der Waals surface area contributed by atoms with Gasteiger partial charge in [0.25, 0.3) is 0 Å². The van der Waals surface area contributed by atoms with Crippen LogP contribution in [0.3, 0.4) is 0 Å². The third-order valence-corrected chi connectivity index (χ3v) is 1.77. The minimum absolute atomic E-state index is 0.157. The number of benzene rings is 1. The van der Waals surface area contributed by atoms with E-state index in [-0.39, 0.29) is 11.8 Å². The molecule has 0 aromatic heterocycles. The first kappa shape index (κ1) is 11.2. The van der Waals surface area contributed by atoms with Gasteiger partial charge in [0.15, 0.2) is 6.29 Å². The molecule has 1 amide bonds. The monoisotopic (exact) mass is 217 g/mol. The lowest BCUT2D eigenvalue weighted by Gasteiger charge is -2.08. The van der Waals surface area contributed by atoms with E-state index in [2.05, 4.69) is 0 Å². The van der Waals surface area contributed by atoms with Crippen molar-refractivity contribution in [1.82, 2.24) is 0 Å². The molecule has 0 radical (unpaired) electrons. The number of amides is 1. The summed E-state index contributed by atoms with van der Waals surface area (Å²) in [5.41, 5.74) is 3.24. The second-order valence-corrected chi connectivity index (χ2v) is 2.78. The van der Waals surface area contributed by atoms with Crippen molar-refractivity contribution in [2.75, 3.05) is 0 Å². The molecule has 0 heterocycles. The zero-order valence-electron chi connectivity index (χ0n) is 7.34. The van der Waals surface area contributed by atoms with Crippen LogP contribution < -0.4 is 5.73 Å². The van der Waals surface area contributed by atoms with E-state index in [1.54, 1.807) is 0 Å². The molecule has 6 heteroatoms. The molecule has 0 fully saturated rings. The van der Waals surface area contributed by atoms with Gasteiger partial charge in [-0.1, -0.05) is 6.07 Å². The lowest BCUT2D eigenvalue weighted by Crippen LogP contribution is -2.16. The first-order valence-corrected chi connectivity index (χ1v) is 3.82. The summed E-state index contributed by atoms with van der Waals surface area (Å²) >= 11 is 0. The standard InChI is InChI=1S/C9H6F3NO2/c10-9(11,12)6-2-1-5(4-14)7(3-6)8(13)15/h1-4H,(H2,13,15). The summed E-state index contributed by atoms with van der Waals surface area (Å²) in [6.07, 6.45) is -4.29. The number of nitrogens with two attached hydrogens (primary N) is 1. The largest absolute Gasteiger partial charge is 0.416 e. The van der Waals surface area contributed by atoms with E-state index < -0.39 is 23.2 Å². The van der Waals surface area contributed by atoms with E-state index in [1.165, 1.54) is 0 Å². The van der Waals surface area contributed by atoms with Crippen LogP contribution in [0.1, 0.15) is 26.3 Å². The van der Waals surface area contributed by atoms with Gasteiger partial charge in [0.1, 0.15) is 0 Å². The first-order chi connectivity index (χ1) is 6.86. The highest BCUT2D eigenvalue weighted by molar-refractivity contribution is 6.00. The van der Waals surface area contributed by atoms with Gasteiger partial charge in [-0.3, -0.25) is 9.59 Å². The SMILES string of the molecule is NC(=O)c1cc(C(F)(F)F)ccc1C=O. The highest BCUT2D eigenvalue weighted by Crippen LogP contribution is 2.30. The highest BCUT2D eigenvalue weighted by atomic mass is 19.4. The Morgan fingerprint density at radius 2 is 1.93 bits per heavy atom. The Hall–Kier alpha value is -1.85. The smallest absolute Gasteiger partial charge is 0.366 e. The van der Waals surface area contributed by atoms with Crippen LogP contribution in [-0.4, -0.2) is 12.2 Å². The summed E-state index contributed by atoms with van der Waals surface area (Å²) in [5, 5.41) is 0. The van der Waals surface area contributed by atoms with Gasteiger partial charge in [-0.2, -0.15) is 13.2 Å². The third kappa shape index (κ3) is 2.34. The van der Waals surface area contributed by atoms with Crippen LogP contribution >= 0.6 is 0 Å². The molecule has 0 saturated carbocycles. The molecule has 0 aliphatic heterocycles. The van der Waals surface area contributed by atoms with Gasteiger partial charge in [-0.25, -0.2) is 0 Å². The van der Waals surface area contributed by atoms with E-state index >= 15 is 0 Å². The van der Waals surface area contributed by atoms with Crippen molar-refractivity contribution in [3.05, 3.63) is 34.9 Å². The first-order valence-electron chi connectivity index (χ1n) is 3.82. The average molecular weight is 217 g/mol. The second-order valence-electron chi connectivity index (χ2n) is 2.78. The summed E-state index contributed by atoms with van der Waals surface area (Å²) in [6, 6.07) is 2.19. The van der Waals surface area contributed by atoms with Crippen LogP contribution in [0.2, 0.25) is 0 Å². The molecule has 0 unspecified atom stereocenters. The van der Waals surface area contributed by atoms with Crippen molar-refractivity contribution < 1.29 is 22.8 Å². The van der Waals surface area contributed by atoms with Gasteiger partial charge in [0.05, 0.1) is 11.1 Å². The predicted octanol–water partition coefficient (Wildman–Crippen LogP) is 1.62. The van der Waals surface area contributed by atoms with Crippen LogP contribution in [0.15, 0.2) is 18.2 Å². The summed E-state index contributed by atoms with van der Waals surface area (Å²) in [4.78, 5) is 21.2. The van der Waals surface area contributed by atoms with E-state index in [1.807, 2.05) is 0 Å². The van der Waals surface area contributed by atoms with E-state index in [0.29, 0.717) is 6.07 Å². The average Bonchev–Trinajstić information content (AvgIpc) is 2.15. The molecule has 1 aromatic carbocycles. The topological polar surface area (TPSA) is 60.2 Å². The van der Waals surface area contributed by atoms with Gasteiger partial charge in [0.2, 0.25) is 5.91 Å². The number of hydrogen-bond acceptors (Lipinski definition) is 2. The molecule has 0 atom stereocenters. The quantitative estimate of drug-likeness (QED) is 0.765. The maximum Gasteiger partial charge on any atom is 0.416 e.